The molecule has 6 heteroatoms. The predicted molar refractivity (Wildman–Crippen MR) is 59.7 cm³/mol. The molecule has 0 saturated heterocycles. The third kappa shape index (κ3) is 1.69. The van der Waals surface area contributed by atoms with Crippen LogP contribution < -0.4 is 5.73 Å². The molecule has 0 bridgehead atoms. The Hall–Kier alpha value is -1.75. The molecule has 0 atom stereocenters. The van der Waals surface area contributed by atoms with Gasteiger partial charge in [0, 0.05) is 24.7 Å². The minimum atomic E-state index is -0.597. The molecule has 0 radical (unpaired) electrons. The number of nitrogen functional groups attached to an aromatic ring is 1. The highest BCUT2D eigenvalue weighted by Crippen LogP contribution is 2.32. The van der Waals surface area contributed by atoms with Gasteiger partial charge in [0.1, 0.15) is 17.4 Å². The van der Waals surface area contributed by atoms with Crippen LogP contribution in [-0.4, -0.2) is 14.9 Å². The van der Waals surface area contributed by atoms with E-state index in [0.717, 1.165) is 6.07 Å². The molecule has 2 aromatic rings. The molecule has 0 aliphatic heterocycles. The first-order chi connectivity index (χ1) is 7.49. The van der Waals surface area contributed by atoms with Crippen LogP contribution in [0.3, 0.4) is 0 Å². The number of phenolic OH excluding ortho intramolecular Hbond substituents is 1. The van der Waals surface area contributed by atoms with Crippen LogP contribution in [0.15, 0.2) is 18.2 Å². The summed E-state index contributed by atoms with van der Waals surface area (Å²) in [6.45, 7) is 0. The lowest BCUT2D eigenvalue weighted by Gasteiger charge is -2.02. The molecule has 0 fully saturated rings. The maximum absolute atomic E-state index is 13.5. The first-order valence-corrected chi connectivity index (χ1v) is 4.84. The molecule has 1 aromatic heterocycles. The summed E-state index contributed by atoms with van der Waals surface area (Å²) in [7, 11) is 1.65. The van der Waals surface area contributed by atoms with E-state index in [0.29, 0.717) is 11.5 Å². The van der Waals surface area contributed by atoms with Crippen molar-refractivity contribution in [2.45, 2.75) is 0 Å². The van der Waals surface area contributed by atoms with Crippen molar-refractivity contribution in [3.8, 4) is 17.0 Å². The second-order valence-corrected chi connectivity index (χ2v) is 3.77. The number of nitrogens with zero attached hydrogens (tertiary/aromatic N) is 2. The molecular weight excluding hydrogens is 233 g/mol. The van der Waals surface area contributed by atoms with Crippen LogP contribution in [-0.2, 0) is 7.05 Å². The van der Waals surface area contributed by atoms with Crippen LogP contribution in [0.1, 0.15) is 0 Å². The molecule has 0 unspecified atom stereocenters. The van der Waals surface area contributed by atoms with E-state index in [1.807, 2.05) is 0 Å². The number of aromatic nitrogens is 2. The van der Waals surface area contributed by atoms with Crippen LogP contribution in [0.25, 0.3) is 11.3 Å². The summed E-state index contributed by atoms with van der Waals surface area (Å²) in [6, 6.07) is 3.79. The highest BCUT2D eigenvalue weighted by molar-refractivity contribution is 6.32. The molecule has 0 spiro atoms. The van der Waals surface area contributed by atoms with Gasteiger partial charge in [-0.2, -0.15) is 5.10 Å². The van der Waals surface area contributed by atoms with Gasteiger partial charge in [0.25, 0.3) is 0 Å². The number of benzene rings is 1. The van der Waals surface area contributed by atoms with E-state index in [4.69, 9.17) is 17.3 Å². The topological polar surface area (TPSA) is 64.1 Å². The fourth-order valence-electron chi connectivity index (χ4n) is 1.35. The quantitative estimate of drug-likeness (QED) is 0.804. The molecule has 0 saturated carbocycles. The largest absolute Gasteiger partial charge is 0.506 e. The summed E-state index contributed by atoms with van der Waals surface area (Å²) >= 11 is 5.70. The Morgan fingerprint density at radius 1 is 1.44 bits per heavy atom. The molecule has 1 heterocycles. The number of hydrogen-bond acceptors (Lipinski definition) is 3. The molecule has 0 amide bonds. The van der Waals surface area contributed by atoms with Gasteiger partial charge in [0.2, 0.25) is 0 Å². The van der Waals surface area contributed by atoms with Gasteiger partial charge in [-0.15, -0.1) is 0 Å². The molecule has 0 aliphatic rings. The fourth-order valence-corrected chi connectivity index (χ4v) is 1.51. The maximum Gasteiger partial charge on any atom is 0.137 e. The van der Waals surface area contributed by atoms with E-state index in [-0.39, 0.29) is 16.3 Å². The highest BCUT2D eigenvalue weighted by atomic mass is 35.5. The summed E-state index contributed by atoms with van der Waals surface area (Å²) in [4.78, 5) is 0. The van der Waals surface area contributed by atoms with Crippen LogP contribution >= 0.6 is 11.6 Å². The zero-order chi connectivity index (χ0) is 11.9. The van der Waals surface area contributed by atoms with Crippen molar-refractivity contribution in [2.24, 2.45) is 7.05 Å². The minimum Gasteiger partial charge on any atom is -0.506 e. The van der Waals surface area contributed by atoms with Gasteiger partial charge in [-0.05, 0) is 6.07 Å². The van der Waals surface area contributed by atoms with Gasteiger partial charge in [-0.25, -0.2) is 4.39 Å². The average Bonchev–Trinajstić information content (AvgIpc) is 2.53. The van der Waals surface area contributed by atoms with Crippen molar-refractivity contribution < 1.29 is 9.50 Å². The summed E-state index contributed by atoms with van der Waals surface area (Å²) < 4.78 is 15.0. The van der Waals surface area contributed by atoms with E-state index >= 15 is 0 Å². The lowest BCUT2D eigenvalue weighted by Crippen LogP contribution is -1.96. The third-order valence-corrected chi connectivity index (χ3v) is 2.53. The van der Waals surface area contributed by atoms with E-state index < -0.39 is 5.82 Å². The first-order valence-electron chi connectivity index (χ1n) is 4.47. The van der Waals surface area contributed by atoms with Crippen molar-refractivity contribution >= 4 is 17.4 Å². The Morgan fingerprint density at radius 3 is 2.69 bits per heavy atom. The van der Waals surface area contributed by atoms with Crippen LogP contribution in [0, 0.1) is 5.82 Å². The van der Waals surface area contributed by atoms with Gasteiger partial charge >= 0.3 is 0 Å². The molecular formula is C10H9ClFN3O. The van der Waals surface area contributed by atoms with Gasteiger partial charge in [-0.1, -0.05) is 11.6 Å². The first kappa shape index (κ1) is 10.8. The van der Waals surface area contributed by atoms with Crippen molar-refractivity contribution in [1.82, 2.24) is 9.78 Å². The number of rotatable bonds is 1. The number of nitrogens with two attached hydrogens (primary N) is 1. The SMILES string of the molecule is Cn1nc(-c2cc(Cl)c(O)cc2F)cc1N. The maximum atomic E-state index is 13.5. The van der Waals surface area contributed by atoms with E-state index in [1.54, 1.807) is 7.05 Å². The zero-order valence-electron chi connectivity index (χ0n) is 8.41. The minimum absolute atomic E-state index is 0.0700. The summed E-state index contributed by atoms with van der Waals surface area (Å²) in [6.07, 6.45) is 0. The van der Waals surface area contributed by atoms with Gasteiger partial charge in [0.05, 0.1) is 10.7 Å². The zero-order valence-corrected chi connectivity index (χ0v) is 9.16. The van der Waals surface area contributed by atoms with Gasteiger partial charge in [0.15, 0.2) is 0 Å². The number of aromatic hydroxyl groups is 1. The number of aryl methyl sites for hydroxylation is 1. The molecule has 0 aliphatic carbocycles. The van der Waals surface area contributed by atoms with Gasteiger partial charge < -0.3 is 10.8 Å². The second kappa shape index (κ2) is 3.68. The Kier molecular flexibility index (Phi) is 2.47. The van der Waals surface area contributed by atoms with Crippen molar-refractivity contribution in [3.05, 3.63) is 29.0 Å². The summed E-state index contributed by atoms with van der Waals surface area (Å²) in [5, 5.41) is 13.3. The second-order valence-electron chi connectivity index (χ2n) is 3.36. The highest BCUT2D eigenvalue weighted by Gasteiger charge is 2.13. The van der Waals surface area contributed by atoms with E-state index in [1.165, 1.54) is 16.8 Å². The number of hydrogen-bond donors (Lipinski definition) is 2. The number of halogens is 2. The normalized spacial score (nSPS) is 10.7. The lowest BCUT2D eigenvalue weighted by atomic mass is 10.1. The average molecular weight is 242 g/mol. The standard InChI is InChI=1S/C10H9ClFN3O/c1-15-10(13)4-8(14-15)5-2-6(11)9(16)3-7(5)12/h2-4,16H,13H2,1H3. The fraction of sp³-hybridized carbons (Fsp3) is 0.100. The Balaban J connectivity index is 2.60. The summed E-state index contributed by atoms with van der Waals surface area (Å²) in [5.41, 5.74) is 6.17. The molecule has 84 valence electrons. The van der Waals surface area contributed by atoms with Crippen LogP contribution in [0.5, 0.6) is 5.75 Å². The van der Waals surface area contributed by atoms with Crippen molar-refractivity contribution in [2.75, 3.05) is 5.73 Å². The Bertz CT molecular complexity index is 534. The molecule has 16 heavy (non-hydrogen) atoms. The predicted octanol–water partition coefficient (Wildman–Crippen LogP) is 2.17. The smallest absolute Gasteiger partial charge is 0.137 e. The Labute approximate surface area is 96.1 Å². The third-order valence-electron chi connectivity index (χ3n) is 2.23. The van der Waals surface area contributed by atoms with Crippen molar-refractivity contribution in [1.29, 1.82) is 0 Å². The molecule has 3 N–H and O–H groups in total. The van der Waals surface area contributed by atoms with Crippen molar-refractivity contribution in [3.63, 3.8) is 0 Å². The monoisotopic (exact) mass is 241 g/mol. The van der Waals surface area contributed by atoms with Crippen LogP contribution in [0.2, 0.25) is 5.02 Å². The lowest BCUT2D eigenvalue weighted by molar-refractivity contribution is 0.469. The number of phenols is 1. The summed E-state index contributed by atoms with van der Waals surface area (Å²) in [5.74, 6) is -0.481. The van der Waals surface area contributed by atoms with Crippen LogP contribution in [0.4, 0.5) is 10.2 Å². The Morgan fingerprint density at radius 2 is 2.12 bits per heavy atom. The molecule has 1 aromatic carbocycles. The molecule has 4 nitrogen and oxygen atoms in total. The van der Waals surface area contributed by atoms with E-state index in [9.17, 15) is 9.50 Å². The van der Waals surface area contributed by atoms with E-state index in [2.05, 4.69) is 5.10 Å². The molecule has 2 rings (SSSR count). The van der Waals surface area contributed by atoms with Gasteiger partial charge in [-0.3, -0.25) is 4.68 Å². The number of anilines is 1.